The number of hydrogen-bond acceptors (Lipinski definition) is 5. The van der Waals surface area contributed by atoms with Gasteiger partial charge < -0.3 is 15.0 Å². The number of nitrogens with one attached hydrogen (secondary N) is 1. The van der Waals surface area contributed by atoms with Crippen LogP contribution in [0.2, 0.25) is 0 Å². The first-order chi connectivity index (χ1) is 14.5. The summed E-state index contributed by atoms with van der Waals surface area (Å²) >= 11 is 3.58. The molecule has 1 aromatic heterocycles. The fourth-order valence-corrected chi connectivity index (χ4v) is 4.19. The van der Waals surface area contributed by atoms with Gasteiger partial charge in [-0.15, -0.1) is 0 Å². The molecule has 1 amide bonds. The first kappa shape index (κ1) is 20.6. The first-order valence-corrected chi connectivity index (χ1v) is 10.9. The molecule has 1 aliphatic heterocycles. The third-order valence-corrected chi connectivity index (χ3v) is 6.76. The molecule has 7 heteroatoms. The van der Waals surface area contributed by atoms with Crippen molar-refractivity contribution in [2.45, 2.75) is 26.7 Å². The number of amides is 1. The molecule has 156 valence electrons. The fraction of sp³-hybridized carbons (Fsp3) is 0.348. The van der Waals surface area contributed by atoms with E-state index in [2.05, 4.69) is 31.1 Å². The summed E-state index contributed by atoms with van der Waals surface area (Å²) in [6.45, 7) is 5.47. The number of halogens is 1. The molecule has 1 fully saturated rings. The third-order valence-electron chi connectivity index (χ3n) is 5.51. The Morgan fingerprint density at radius 3 is 2.50 bits per heavy atom. The summed E-state index contributed by atoms with van der Waals surface area (Å²) in [6, 6.07) is 11.7. The minimum atomic E-state index is -0.124. The molecule has 0 bridgehead atoms. The van der Waals surface area contributed by atoms with Gasteiger partial charge in [-0.2, -0.15) is 0 Å². The molecule has 3 aromatic rings. The maximum atomic E-state index is 13.0. The van der Waals surface area contributed by atoms with E-state index in [9.17, 15) is 4.79 Å². The van der Waals surface area contributed by atoms with E-state index in [1.54, 1.807) is 7.11 Å². The number of nitrogens with zero attached hydrogens (tertiary/aromatic N) is 3. The minimum Gasteiger partial charge on any atom is -0.478 e. The SMILES string of the molecule is COc1nc2ccccc2nc1N1CCC[C@H](C(=O)Nc2cc(C)c(Br)c(C)c2)C1. The number of piperidine rings is 1. The van der Waals surface area contributed by atoms with Gasteiger partial charge in [-0.1, -0.05) is 28.1 Å². The lowest BCUT2D eigenvalue weighted by Gasteiger charge is -2.33. The highest BCUT2D eigenvalue weighted by Gasteiger charge is 2.29. The van der Waals surface area contributed by atoms with Gasteiger partial charge in [0.1, 0.15) is 0 Å². The van der Waals surface area contributed by atoms with Gasteiger partial charge >= 0.3 is 0 Å². The summed E-state index contributed by atoms with van der Waals surface area (Å²) in [6.07, 6.45) is 1.76. The molecule has 0 aliphatic carbocycles. The van der Waals surface area contributed by atoms with Gasteiger partial charge in [0.15, 0.2) is 5.82 Å². The zero-order valence-electron chi connectivity index (χ0n) is 17.4. The lowest BCUT2D eigenvalue weighted by Crippen LogP contribution is -2.41. The number of carbonyl (C=O) groups excluding carboxylic acids is 1. The van der Waals surface area contributed by atoms with Crippen LogP contribution in [-0.2, 0) is 4.79 Å². The number of anilines is 2. The van der Waals surface area contributed by atoms with Crippen molar-refractivity contribution in [3.8, 4) is 5.88 Å². The molecule has 6 nitrogen and oxygen atoms in total. The Labute approximate surface area is 184 Å². The standard InChI is InChI=1S/C23H25BrN4O2/c1-14-11-17(12-15(2)20(14)24)25-22(29)16-7-6-10-28(13-16)21-23(30-3)27-19-9-5-4-8-18(19)26-21/h4-5,8-9,11-12,16H,6-7,10,13H2,1-3H3,(H,25,29)/t16-/m0/s1. The van der Waals surface area contributed by atoms with E-state index in [4.69, 9.17) is 9.72 Å². The van der Waals surface area contributed by atoms with Gasteiger partial charge in [0, 0.05) is 23.2 Å². The van der Waals surface area contributed by atoms with Crippen molar-refractivity contribution < 1.29 is 9.53 Å². The molecular formula is C23H25BrN4O2. The predicted octanol–water partition coefficient (Wildman–Crippen LogP) is 4.87. The summed E-state index contributed by atoms with van der Waals surface area (Å²) in [4.78, 5) is 24.5. The van der Waals surface area contributed by atoms with Crippen LogP contribution >= 0.6 is 15.9 Å². The number of aromatic nitrogens is 2. The molecule has 1 atom stereocenters. The van der Waals surface area contributed by atoms with E-state index in [1.165, 1.54) is 0 Å². The van der Waals surface area contributed by atoms with Crippen LogP contribution < -0.4 is 15.0 Å². The number of ether oxygens (including phenoxy) is 1. The van der Waals surface area contributed by atoms with Crippen LogP contribution in [0, 0.1) is 19.8 Å². The van der Waals surface area contributed by atoms with Crippen molar-refractivity contribution in [3.63, 3.8) is 0 Å². The van der Waals surface area contributed by atoms with Gasteiger partial charge in [-0.3, -0.25) is 4.79 Å². The van der Waals surface area contributed by atoms with E-state index in [1.807, 2.05) is 50.2 Å². The fourth-order valence-electron chi connectivity index (χ4n) is 3.96. The number of carbonyl (C=O) groups is 1. The lowest BCUT2D eigenvalue weighted by atomic mass is 9.97. The van der Waals surface area contributed by atoms with Crippen molar-refractivity contribution in [3.05, 3.63) is 52.0 Å². The molecule has 0 spiro atoms. The van der Waals surface area contributed by atoms with Gasteiger partial charge in [-0.05, 0) is 62.1 Å². The number of para-hydroxylation sites is 2. The molecule has 2 aromatic carbocycles. The van der Waals surface area contributed by atoms with E-state index in [0.717, 1.165) is 51.7 Å². The molecule has 0 radical (unpaired) electrons. The van der Waals surface area contributed by atoms with Crippen LogP contribution in [-0.4, -0.2) is 36.1 Å². The van der Waals surface area contributed by atoms with Crippen LogP contribution in [0.15, 0.2) is 40.9 Å². The molecule has 1 aliphatic rings. The second-order valence-electron chi connectivity index (χ2n) is 7.74. The van der Waals surface area contributed by atoms with Crippen molar-refractivity contribution >= 4 is 44.4 Å². The molecule has 0 saturated carbocycles. The van der Waals surface area contributed by atoms with Gasteiger partial charge in [-0.25, -0.2) is 9.97 Å². The molecule has 1 N–H and O–H groups in total. The Hall–Kier alpha value is -2.67. The molecular weight excluding hydrogens is 444 g/mol. The Bertz CT molecular complexity index is 1080. The molecule has 1 saturated heterocycles. The van der Waals surface area contributed by atoms with Gasteiger partial charge in [0.25, 0.3) is 5.88 Å². The van der Waals surface area contributed by atoms with Crippen LogP contribution in [0.4, 0.5) is 11.5 Å². The number of hydrogen-bond donors (Lipinski definition) is 1. The topological polar surface area (TPSA) is 67.4 Å². The highest BCUT2D eigenvalue weighted by Crippen LogP contribution is 2.31. The highest BCUT2D eigenvalue weighted by atomic mass is 79.9. The number of rotatable bonds is 4. The van der Waals surface area contributed by atoms with E-state index >= 15 is 0 Å². The highest BCUT2D eigenvalue weighted by molar-refractivity contribution is 9.10. The monoisotopic (exact) mass is 468 g/mol. The smallest absolute Gasteiger partial charge is 0.257 e. The largest absolute Gasteiger partial charge is 0.478 e. The average Bonchev–Trinajstić information content (AvgIpc) is 2.76. The van der Waals surface area contributed by atoms with E-state index in [-0.39, 0.29) is 11.8 Å². The van der Waals surface area contributed by atoms with E-state index < -0.39 is 0 Å². The summed E-state index contributed by atoms with van der Waals surface area (Å²) < 4.78 is 6.59. The van der Waals surface area contributed by atoms with Crippen LogP contribution in [0.3, 0.4) is 0 Å². The maximum absolute atomic E-state index is 13.0. The number of fused-ring (bicyclic) bond motifs is 1. The van der Waals surface area contributed by atoms with Crippen LogP contribution in [0.5, 0.6) is 5.88 Å². The minimum absolute atomic E-state index is 0.0357. The summed E-state index contributed by atoms with van der Waals surface area (Å²) in [7, 11) is 1.61. The summed E-state index contributed by atoms with van der Waals surface area (Å²) in [5.74, 6) is 1.10. The molecule has 4 rings (SSSR count). The van der Waals surface area contributed by atoms with Crippen molar-refractivity contribution in [2.24, 2.45) is 5.92 Å². The van der Waals surface area contributed by atoms with Crippen molar-refractivity contribution in [2.75, 3.05) is 30.4 Å². The van der Waals surface area contributed by atoms with Crippen molar-refractivity contribution in [1.82, 2.24) is 9.97 Å². The quantitative estimate of drug-likeness (QED) is 0.591. The summed E-state index contributed by atoms with van der Waals surface area (Å²) in [5, 5.41) is 3.10. The lowest BCUT2D eigenvalue weighted by molar-refractivity contribution is -0.120. The Kier molecular flexibility index (Phi) is 5.90. The molecule has 30 heavy (non-hydrogen) atoms. The van der Waals surface area contributed by atoms with Gasteiger partial charge in [0.05, 0.1) is 24.1 Å². The van der Waals surface area contributed by atoms with E-state index in [0.29, 0.717) is 18.2 Å². The number of aryl methyl sites for hydroxylation is 2. The average molecular weight is 469 g/mol. The Balaban J connectivity index is 1.55. The van der Waals surface area contributed by atoms with Gasteiger partial charge in [0.2, 0.25) is 5.91 Å². The normalized spacial score (nSPS) is 16.5. The Morgan fingerprint density at radius 1 is 1.17 bits per heavy atom. The van der Waals surface area contributed by atoms with Crippen molar-refractivity contribution in [1.29, 1.82) is 0 Å². The zero-order valence-corrected chi connectivity index (χ0v) is 19.0. The molecule has 0 unspecified atom stereocenters. The second kappa shape index (κ2) is 8.60. The second-order valence-corrected chi connectivity index (χ2v) is 8.54. The number of benzene rings is 2. The Morgan fingerprint density at radius 2 is 1.83 bits per heavy atom. The first-order valence-electron chi connectivity index (χ1n) is 10.1. The van der Waals surface area contributed by atoms with Crippen LogP contribution in [0.25, 0.3) is 11.0 Å². The maximum Gasteiger partial charge on any atom is 0.257 e. The van der Waals surface area contributed by atoms with Crippen LogP contribution in [0.1, 0.15) is 24.0 Å². The zero-order chi connectivity index (χ0) is 21.3. The third kappa shape index (κ3) is 4.12. The summed E-state index contributed by atoms with van der Waals surface area (Å²) in [5.41, 5.74) is 4.66. The number of methoxy groups -OCH3 is 1. The predicted molar refractivity (Wildman–Crippen MR) is 123 cm³/mol. The molecule has 2 heterocycles.